The maximum absolute atomic E-state index is 10.8. The number of carbonyl (C=O) groups is 6. The lowest BCUT2D eigenvalue weighted by Crippen LogP contribution is -2.39. The van der Waals surface area contributed by atoms with Crippen molar-refractivity contribution >= 4 is 35.6 Å². The number of likely N-dealkylation sites (N-methyl/N-ethyl adjacent to an activating group) is 3. The maximum Gasteiger partial charge on any atom is 0.328 e. The fourth-order valence-electron chi connectivity index (χ4n) is 1.80. The van der Waals surface area contributed by atoms with Gasteiger partial charge in [-0.1, -0.05) is 7.43 Å². The summed E-state index contributed by atoms with van der Waals surface area (Å²) in [6.07, 6.45) is 0. The highest BCUT2D eigenvalue weighted by Crippen LogP contribution is 1.98. The highest BCUT2D eigenvalue weighted by atomic mass is 16.5. The van der Waals surface area contributed by atoms with E-state index in [1.165, 1.54) is 56.8 Å². The average molecular weight is 497 g/mol. The molecular formula is C22H45N3O9. The summed E-state index contributed by atoms with van der Waals surface area (Å²) in [5.41, 5.74) is 0. The lowest BCUT2D eigenvalue weighted by Gasteiger charge is -2.20. The Morgan fingerprint density at radius 3 is 0.765 bits per heavy atom. The number of rotatable bonds is 6. The van der Waals surface area contributed by atoms with Gasteiger partial charge in [-0.3, -0.25) is 14.4 Å². The van der Waals surface area contributed by atoms with E-state index in [2.05, 4.69) is 14.2 Å². The Balaban J connectivity index is -0.000000125. The van der Waals surface area contributed by atoms with Crippen molar-refractivity contribution in [1.29, 1.82) is 0 Å². The van der Waals surface area contributed by atoms with Crippen molar-refractivity contribution in [1.82, 2.24) is 14.7 Å². The summed E-state index contributed by atoms with van der Waals surface area (Å²) < 4.78 is 13.4. The molecule has 1 unspecified atom stereocenters. The number of esters is 3. The molecule has 0 aromatic rings. The number of methoxy groups -OCH3 is 3. The van der Waals surface area contributed by atoms with Crippen LogP contribution in [-0.2, 0) is 43.0 Å². The van der Waals surface area contributed by atoms with Crippen molar-refractivity contribution in [3.05, 3.63) is 0 Å². The summed E-state index contributed by atoms with van der Waals surface area (Å²) in [5.74, 6) is -1.65. The van der Waals surface area contributed by atoms with Crippen LogP contribution >= 0.6 is 0 Å². The monoisotopic (exact) mass is 496 g/mol. The van der Waals surface area contributed by atoms with Gasteiger partial charge >= 0.3 is 17.9 Å². The van der Waals surface area contributed by atoms with Crippen molar-refractivity contribution in [2.75, 3.05) is 42.5 Å². The molecule has 0 aliphatic carbocycles. The molecular weight excluding hydrogens is 450 g/mol. The molecule has 0 bridgehead atoms. The van der Waals surface area contributed by atoms with Crippen molar-refractivity contribution in [3.8, 4) is 0 Å². The molecule has 0 aromatic heterocycles. The third-order valence-corrected chi connectivity index (χ3v) is 4.86. The fourth-order valence-corrected chi connectivity index (χ4v) is 1.80. The molecule has 0 radical (unpaired) electrons. The molecule has 3 atom stereocenters. The summed E-state index contributed by atoms with van der Waals surface area (Å²) in [6, 6.07) is -1.51. The zero-order valence-electron chi connectivity index (χ0n) is 21.7. The van der Waals surface area contributed by atoms with Gasteiger partial charge < -0.3 is 28.9 Å². The molecule has 0 aromatic carbocycles. The highest BCUT2D eigenvalue weighted by Gasteiger charge is 2.21. The van der Waals surface area contributed by atoms with E-state index < -0.39 is 36.0 Å². The first kappa shape index (κ1) is 38.1. The standard InChI is InChI=1S/3C7H13NO3.CH4.H2/c3*1-5(7(10)11-4)8(3)6(2)9;;/h3*5H,1-4H3;1H4;1H/t2*5-;;;/m10.../s1/i;;;;1+1. The largest absolute Gasteiger partial charge is 0.467 e. The third-order valence-electron chi connectivity index (χ3n) is 4.86. The van der Waals surface area contributed by atoms with Crippen molar-refractivity contribution < 1.29 is 44.4 Å². The quantitative estimate of drug-likeness (QED) is 0.388. The first-order valence-corrected chi connectivity index (χ1v) is 9.95. The fraction of sp³-hybridized carbons (Fsp3) is 0.727. The van der Waals surface area contributed by atoms with E-state index in [0.717, 1.165) is 0 Å². The summed E-state index contributed by atoms with van der Waals surface area (Å²) in [4.78, 5) is 68.7. The van der Waals surface area contributed by atoms with E-state index in [-0.39, 0.29) is 26.6 Å². The van der Waals surface area contributed by atoms with Crippen LogP contribution in [0, 0.1) is 0 Å². The van der Waals surface area contributed by atoms with E-state index >= 15 is 0 Å². The van der Waals surface area contributed by atoms with E-state index in [1.54, 1.807) is 41.9 Å². The Labute approximate surface area is 204 Å². The Hall–Kier alpha value is -3.18. The van der Waals surface area contributed by atoms with Crippen LogP contribution in [0.15, 0.2) is 0 Å². The molecule has 0 N–H and O–H groups in total. The van der Waals surface area contributed by atoms with Crippen LogP contribution in [0.2, 0.25) is 0 Å². The zero-order chi connectivity index (χ0) is 27.0. The van der Waals surface area contributed by atoms with Crippen molar-refractivity contribution in [3.63, 3.8) is 0 Å². The van der Waals surface area contributed by atoms with Crippen LogP contribution in [0.1, 0.15) is 50.4 Å². The van der Waals surface area contributed by atoms with Gasteiger partial charge in [0, 0.05) is 43.3 Å². The molecule has 3 amide bonds. The van der Waals surface area contributed by atoms with E-state index in [1.807, 2.05) is 0 Å². The minimum absolute atomic E-state index is 0. The van der Waals surface area contributed by atoms with Crippen LogP contribution in [0.5, 0.6) is 0 Å². The van der Waals surface area contributed by atoms with Crippen molar-refractivity contribution in [2.24, 2.45) is 0 Å². The number of ether oxygens (including phenoxy) is 3. The van der Waals surface area contributed by atoms with Crippen LogP contribution in [0.25, 0.3) is 0 Å². The van der Waals surface area contributed by atoms with Crippen LogP contribution in [0.4, 0.5) is 0 Å². The molecule has 0 rings (SSSR count). The first-order chi connectivity index (χ1) is 15.0. The molecule has 34 heavy (non-hydrogen) atoms. The second-order valence-corrected chi connectivity index (χ2v) is 6.99. The van der Waals surface area contributed by atoms with E-state index in [0.29, 0.717) is 0 Å². The predicted octanol–water partition coefficient (Wildman–Crippen LogP) is 0.961. The Morgan fingerprint density at radius 1 is 0.529 bits per heavy atom. The van der Waals surface area contributed by atoms with Gasteiger partial charge in [0.1, 0.15) is 18.1 Å². The number of hydrogen-bond acceptors (Lipinski definition) is 9. The topological polar surface area (TPSA) is 140 Å². The maximum atomic E-state index is 10.8. The molecule has 202 valence electrons. The minimum Gasteiger partial charge on any atom is -0.467 e. The molecule has 0 heterocycles. The summed E-state index contributed by atoms with van der Waals surface area (Å²) in [5, 5.41) is 0. The lowest BCUT2D eigenvalue weighted by molar-refractivity contribution is -0.150. The number of nitrogens with zero attached hydrogens (tertiary/aromatic N) is 3. The molecule has 0 aliphatic heterocycles. The normalized spacial score (nSPS) is 11.6. The first-order valence-electron chi connectivity index (χ1n) is 9.95. The highest BCUT2D eigenvalue weighted by molar-refractivity contribution is 5.83. The summed E-state index contributed by atoms with van der Waals surface area (Å²) in [7, 11) is 8.57. The lowest BCUT2D eigenvalue weighted by atomic mass is 10.3. The van der Waals surface area contributed by atoms with Gasteiger partial charge in [0.2, 0.25) is 17.7 Å². The average Bonchev–Trinajstić information content (AvgIpc) is 2.79. The molecule has 12 heteroatoms. The van der Waals surface area contributed by atoms with Gasteiger partial charge in [0.25, 0.3) is 0 Å². The SMILES string of the molecule is C.COC(=O)C(C)N(C)C(C)=O.COC(=O)[C@@H](C)N(C)C(C)=O.COC(=O)[C@H](C)N(C)C(C)=O.[2HH]. The van der Waals surface area contributed by atoms with Gasteiger partial charge in [-0.2, -0.15) is 0 Å². The van der Waals surface area contributed by atoms with Crippen molar-refractivity contribution in [2.45, 2.75) is 67.1 Å². The second-order valence-electron chi connectivity index (χ2n) is 6.99. The summed E-state index contributed by atoms with van der Waals surface area (Å²) in [6.45, 7) is 9.06. The Kier molecular flexibility index (Phi) is 21.6. The molecule has 0 saturated heterocycles. The second kappa shape index (κ2) is 19.3. The van der Waals surface area contributed by atoms with Crippen LogP contribution < -0.4 is 0 Å². The number of carbonyl (C=O) groups excluding carboxylic acids is 6. The predicted molar refractivity (Wildman–Crippen MR) is 129 cm³/mol. The van der Waals surface area contributed by atoms with Crippen LogP contribution in [0.3, 0.4) is 0 Å². The van der Waals surface area contributed by atoms with E-state index in [4.69, 9.17) is 0 Å². The van der Waals surface area contributed by atoms with Crippen LogP contribution in [-0.4, -0.2) is 111 Å². The van der Waals surface area contributed by atoms with E-state index in [9.17, 15) is 28.8 Å². The number of amides is 3. The Morgan fingerprint density at radius 2 is 0.676 bits per heavy atom. The van der Waals surface area contributed by atoms with Gasteiger partial charge in [0.05, 0.1) is 21.3 Å². The third kappa shape index (κ3) is 14.8. The van der Waals surface area contributed by atoms with Gasteiger partial charge in [0.15, 0.2) is 0 Å². The summed E-state index contributed by atoms with van der Waals surface area (Å²) >= 11 is 0. The van der Waals surface area contributed by atoms with Gasteiger partial charge in [-0.25, -0.2) is 14.4 Å². The molecule has 0 aliphatic rings. The smallest absolute Gasteiger partial charge is 0.328 e. The van der Waals surface area contributed by atoms with Gasteiger partial charge in [-0.05, 0) is 20.8 Å². The number of hydrogen-bond donors (Lipinski definition) is 0. The zero-order valence-corrected chi connectivity index (χ0v) is 21.7. The Bertz CT molecular complexity index is 599. The molecule has 0 fully saturated rings. The minimum atomic E-state index is -0.502. The molecule has 0 spiro atoms. The molecule has 12 nitrogen and oxygen atoms in total. The van der Waals surface area contributed by atoms with Gasteiger partial charge in [-0.15, -0.1) is 0 Å². The molecule has 0 saturated carbocycles.